The van der Waals surface area contributed by atoms with E-state index in [4.69, 9.17) is 0 Å². The second kappa shape index (κ2) is 4.52. The molecule has 0 N–H and O–H groups in total. The van der Waals surface area contributed by atoms with Crippen molar-refractivity contribution in [3.8, 4) is 0 Å². The molecule has 0 aliphatic heterocycles. The Morgan fingerprint density at radius 3 is 2.29 bits per heavy atom. The van der Waals surface area contributed by atoms with Crippen LogP contribution in [0.3, 0.4) is 0 Å². The molecule has 9 heteroatoms. The van der Waals surface area contributed by atoms with Gasteiger partial charge in [-0.2, -0.15) is 22.0 Å². The maximum atomic E-state index is 12.9. The molecule has 1 heterocycles. The van der Waals surface area contributed by atoms with Crippen LogP contribution in [0.2, 0.25) is 0 Å². The summed E-state index contributed by atoms with van der Waals surface area (Å²) in [5.41, 5.74) is -0.364. The molecule has 0 aliphatic rings. The van der Waals surface area contributed by atoms with E-state index in [2.05, 4.69) is 20.7 Å². The summed E-state index contributed by atoms with van der Waals surface area (Å²) in [6, 6.07) is 0.466. The molecular weight excluding hydrogens is 335 g/mol. The molecule has 0 unspecified atom stereocenters. The first-order chi connectivity index (χ1) is 7.61. The molecule has 1 aromatic heterocycles. The van der Waals surface area contributed by atoms with E-state index in [1.165, 1.54) is 0 Å². The van der Waals surface area contributed by atoms with Crippen LogP contribution in [-0.2, 0) is 10.7 Å². The molecule has 0 bridgehead atoms. The summed E-state index contributed by atoms with van der Waals surface area (Å²) in [6.07, 6.45) is -5.70. The Labute approximate surface area is 105 Å². The van der Waals surface area contributed by atoms with Crippen LogP contribution >= 0.6 is 27.3 Å². The normalized spacial score (nSPS) is 12.6. The van der Waals surface area contributed by atoms with Crippen LogP contribution in [0.25, 0.3) is 0 Å². The van der Waals surface area contributed by atoms with Gasteiger partial charge in [-0.15, -0.1) is 11.3 Å². The lowest BCUT2D eigenvalue weighted by Crippen LogP contribution is -2.32. The Morgan fingerprint density at radius 1 is 1.35 bits per heavy atom. The average Bonchev–Trinajstić information content (AvgIpc) is 2.58. The summed E-state index contributed by atoms with van der Waals surface area (Å²) in [4.78, 5) is 9.79. The minimum absolute atomic E-state index is 0.136. The van der Waals surface area contributed by atoms with E-state index in [9.17, 15) is 26.7 Å². The maximum absolute atomic E-state index is 12.9. The first-order valence-corrected chi connectivity index (χ1v) is 5.55. The highest BCUT2D eigenvalue weighted by molar-refractivity contribution is 9.11. The maximum Gasteiger partial charge on any atom is 0.458 e. The largest absolute Gasteiger partial charge is 0.465 e. The lowest BCUT2D eigenvalue weighted by atomic mass is 10.2. The Hall–Kier alpha value is -0.700. The topological polar surface area (TPSA) is 26.3 Å². The van der Waals surface area contributed by atoms with Gasteiger partial charge < -0.3 is 4.74 Å². The standard InChI is InChI=1S/C8H4BrF5O2S/c1-16-6(15)3-2-4(17-5(3)9)7(10,11)8(12,13)14/h2H,1H3. The molecule has 0 radical (unpaired) electrons. The van der Waals surface area contributed by atoms with Crippen molar-refractivity contribution in [1.82, 2.24) is 0 Å². The monoisotopic (exact) mass is 338 g/mol. The Morgan fingerprint density at radius 2 is 1.88 bits per heavy atom. The molecule has 0 aliphatic carbocycles. The number of alkyl halides is 5. The predicted octanol–water partition coefficient (Wildman–Crippen LogP) is 3.95. The lowest BCUT2D eigenvalue weighted by molar-refractivity contribution is -0.287. The zero-order chi connectivity index (χ0) is 13.4. The molecule has 1 aromatic rings. The Balaban J connectivity index is 3.23. The third-order valence-corrected chi connectivity index (χ3v) is 3.66. The van der Waals surface area contributed by atoms with Gasteiger partial charge in [-0.3, -0.25) is 0 Å². The van der Waals surface area contributed by atoms with E-state index in [-0.39, 0.29) is 20.7 Å². The number of hydrogen-bond donors (Lipinski definition) is 0. The summed E-state index contributed by atoms with van der Waals surface area (Å²) >= 11 is 2.87. The fraction of sp³-hybridized carbons (Fsp3) is 0.375. The highest BCUT2D eigenvalue weighted by Gasteiger charge is 2.59. The van der Waals surface area contributed by atoms with E-state index in [1.807, 2.05) is 0 Å². The van der Waals surface area contributed by atoms with E-state index in [0.717, 1.165) is 7.11 Å². The van der Waals surface area contributed by atoms with Crippen LogP contribution in [0.1, 0.15) is 15.2 Å². The number of hydrogen-bond acceptors (Lipinski definition) is 3. The van der Waals surface area contributed by atoms with Gasteiger partial charge in [0.1, 0.15) is 0 Å². The highest BCUT2D eigenvalue weighted by Crippen LogP contribution is 2.48. The van der Waals surface area contributed by atoms with E-state index >= 15 is 0 Å². The van der Waals surface area contributed by atoms with Crippen molar-refractivity contribution in [3.63, 3.8) is 0 Å². The van der Waals surface area contributed by atoms with Crippen LogP contribution in [0.5, 0.6) is 0 Å². The van der Waals surface area contributed by atoms with Crippen LogP contribution in [-0.4, -0.2) is 19.3 Å². The van der Waals surface area contributed by atoms with Gasteiger partial charge in [-0.05, 0) is 22.0 Å². The Bertz CT molecular complexity index is 440. The van der Waals surface area contributed by atoms with Crippen molar-refractivity contribution in [2.75, 3.05) is 7.11 Å². The zero-order valence-electron chi connectivity index (χ0n) is 8.07. The molecule has 0 saturated carbocycles. The van der Waals surface area contributed by atoms with Crippen LogP contribution in [0.15, 0.2) is 9.85 Å². The average molecular weight is 339 g/mol. The lowest BCUT2D eigenvalue weighted by Gasteiger charge is -2.17. The predicted molar refractivity (Wildman–Crippen MR) is 53.3 cm³/mol. The molecule has 0 fully saturated rings. The number of ether oxygens (including phenoxy) is 1. The van der Waals surface area contributed by atoms with Gasteiger partial charge in [0.2, 0.25) is 0 Å². The number of halogens is 6. The number of thiophene rings is 1. The molecule has 0 amide bonds. The van der Waals surface area contributed by atoms with E-state index < -0.39 is 22.9 Å². The van der Waals surface area contributed by atoms with Gasteiger partial charge >= 0.3 is 18.1 Å². The highest BCUT2D eigenvalue weighted by atomic mass is 79.9. The van der Waals surface area contributed by atoms with Crippen molar-refractivity contribution in [2.45, 2.75) is 12.1 Å². The molecular formula is C8H4BrF5O2S. The first-order valence-electron chi connectivity index (χ1n) is 3.94. The number of carbonyl (C=O) groups excluding carboxylic acids is 1. The molecule has 0 atom stereocenters. The minimum atomic E-state index is -5.70. The van der Waals surface area contributed by atoms with Crippen molar-refractivity contribution in [3.05, 3.63) is 20.3 Å². The van der Waals surface area contributed by atoms with Crippen LogP contribution in [0, 0.1) is 0 Å². The van der Waals surface area contributed by atoms with Gasteiger partial charge in [0, 0.05) is 0 Å². The minimum Gasteiger partial charge on any atom is -0.465 e. The number of carbonyl (C=O) groups is 1. The van der Waals surface area contributed by atoms with Crippen molar-refractivity contribution in [1.29, 1.82) is 0 Å². The quantitative estimate of drug-likeness (QED) is 0.602. The molecule has 96 valence electrons. The van der Waals surface area contributed by atoms with E-state index in [1.54, 1.807) is 0 Å². The molecule has 0 spiro atoms. The van der Waals surface area contributed by atoms with Gasteiger partial charge in [0.25, 0.3) is 0 Å². The molecule has 2 nitrogen and oxygen atoms in total. The molecule has 0 aromatic carbocycles. The summed E-state index contributed by atoms with van der Waals surface area (Å²) in [5, 5.41) is 0. The molecule has 17 heavy (non-hydrogen) atoms. The number of rotatable bonds is 2. The summed E-state index contributed by atoms with van der Waals surface area (Å²) in [7, 11) is 0.994. The van der Waals surface area contributed by atoms with Crippen LogP contribution in [0.4, 0.5) is 22.0 Å². The zero-order valence-corrected chi connectivity index (χ0v) is 10.5. The molecule has 0 saturated heterocycles. The van der Waals surface area contributed by atoms with Crippen molar-refractivity contribution in [2.24, 2.45) is 0 Å². The van der Waals surface area contributed by atoms with Crippen molar-refractivity contribution >= 4 is 33.2 Å². The van der Waals surface area contributed by atoms with Gasteiger partial charge in [0.15, 0.2) is 0 Å². The fourth-order valence-electron chi connectivity index (χ4n) is 0.912. The van der Waals surface area contributed by atoms with Crippen LogP contribution < -0.4 is 0 Å². The third kappa shape index (κ3) is 2.59. The fourth-order valence-corrected chi connectivity index (χ4v) is 2.58. The van der Waals surface area contributed by atoms with Gasteiger partial charge in [-0.25, -0.2) is 4.79 Å². The summed E-state index contributed by atoms with van der Waals surface area (Å²) in [5.74, 6) is -5.98. The van der Waals surface area contributed by atoms with E-state index in [0.29, 0.717) is 6.07 Å². The second-order valence-electron chi connectivity index (χ2n) is 2.86. The number of methoxy groups -OCH3 is 1. The first kappa shape index (κ1) is 14.4. The van der Waals surface area contributed by atoms with Crippen molar-refractivity contribution < 1.29 is 31.5 Å². The second-order valence-corrected chi connectivity index (χ2v) is 5.23. The Kier molecular flexibility index (Phi) is 3.82. The summed E-state index contributed by atoms with van der Waals surface area (Å²) in [6.45, 7) is 0. The smallest absolute Gasteiger partial charge is 0.458 e. The third-order valence-electron chi connectivity index (χ3n) is 1.76. The van der Waals surface area contributed by atoms with Gasteiger partial charge in [0.05, 0.1) is 21.3 Å². The SMILES string of the molecule is COC(=O)c1cc(C(F)(F)C(F)(F)F)sc1Br. The van der Waals surface area contributed by atoms with Gasteiger partial charge in [-0.1, -0.05) is 0 Å². The summed E-state index contributed by atoms with van der Waals surface area (Å²) < 4.78 is 66.2. The molecule has 1 rings (SSSR count). The number of esters is 1.